The van der Waals surface area contributed by atoms with Gasteiger partial charge in [-0.3, -0.25) is 0 Å². The van der Waals surface area contributed by atoms with Crippen molar-refractivity contribution >= 4 is 71.3 Å². The Morgan fingerprint density at radius 3 is 1.47 bits per heavy atom. The van der Waals surface area contributed by atoms with Crippen molar-refractivity contribution in [2.45, 2.75) is 12.3 Å². The molecule has 272 valence electrons. The number of hydrogen-bond acceptors (Lipinski definition) is 2. The van der Waals surface area contributed by atoms with Crippen molar-refractivity contribution < 1.29 is 4.42 Å². The van der Waals surface area contributed by atoms with E-state index in [-0.39, 0.29) is 5.41 Å². The Bertz CT molecular complexity index is 3330. The first-order chi connectivity index (χ1) is 28.6. The zero-order chi connectivity index (χ0) is 38.4. The summed E-state index contributed by atoms with van der Waals surface area (Å²) in [6.07, 6.45) is 0. The Labute approximate surface area is 336 Å². The molecule has 12 rings (SSSR count). The summed E-state index contributed by atoms with van der Waals surface area (Å²) in [4.78, 5) is 2.37. The molecule has 2 heteroatoms. The average Bonchev–Trinajstić information content (AvgIpc) is 3.80. The van der Waals surface area contributed by atoms with Gasteiger partial charge >= 0.3 is 0 Å². The molecule has 10 aromatic carbocycles. The minimum Gasteiger partial charge on any atom is -0.456 e. The lowest BCUT2D eigenvalue weighted by Crippen LogP contribution is -2.22. The van der Waals surface area contributed by atoms with Gasteiger partial charge in [0.1, 0.15) is 11.2 Å². The molecule has 0 aliphatic heterocycles. The Hall–Kier alpha value is -7.42. The fourth-order valence-corrected chi connectivity index (χ4v) is 9.98. The standard InChI is InChI=1S/C56H37NO/c1-56(51-23-11-9-20-46(51)47-21-10-12-24-52(47)56)53-25-13-22-49-48-33-31-40(35-54(48)58-55(49)53)57(38-28-26-37(27-29-38)36-14-3-2-4-15-36)39-30-32-45-43-18-6-5-16-41(43)42-17-7-8-19-44(42)50(45)34-39/h2-35H,1H3. The monoisotopic (exact) mass is 739 g/mol. The number of para-hydroxylation sites is 1. The van der Waals surface area contributed by atoms with Crippen LogP contribution in [0.4, 0.5) is 17.1 Å². The van der Waals surface area contributed by atoms with Crippen LogP contribution in [0.15, 0.2) is 211 Å². The van der Waals surface area contributed by atoms with E-state index in [1.807, 2.05) is 0 Å². The maximum Gasteiger partial charge on any atom is 0.139 e. The molecular weight excluding hydrogens is 703 g/mol. The highest BCUT2D eigenvalue weighted by atomic mass is 16.3. The van der Waals surface area contributed by atoms with Gasteiger partial charge < -0.3 is 9.32 Å². The van der Waals surface area contributed by atoms with E-state index in [0.717, 1.165) is 39.0 Å². The quantitative estimate of drug-likeness (QED) is 0.163. The van der Waals surface area contributed by atoms with Gasteiger partial charge in [0.2, 0.25) is 0 Å². The smallest absolute Gasteiger partial charge is 0.139 e. The minimum absolute atomic E-state index is 0.367. The number of anilines is 3. The van der Waals surface area contributed by atoms with Crippen LogP contribution < -0.4 is 4.90 Å². The van der Waals surface area contributed by atoms with E-state index >= 15 is 0 Å². The van der Waals surface area contributed by atoms with Crippen molar-refractivity contribution in [1.29, 1.82) is 0 Å². The summed E-state index contributed by atoms with van der Waals surface area (Å²) in [5.41, 5.74) is 13.4. The molecule has 0 saturated heterocycles. The summed E-state index contributed by atoms with van der Waals surface area (Å²) in [7, 11) is 0. The number of rotatable bonds is 5. The lowest BCUT2D eigenvalue weighted by molar-refractivity contribution is 0.638. The zero-order valence-electron chi connectivity index (χ0n) is 32.0. The third-order valence-corrected chi connectivity index (χ3v) is 12.7. The second kappa shape index (κ2) is 12.5. The Kier molecular flexibility index (Phi) is 7.09. The molecule has 1 aliphatic rings. The molecule has 0 radical (unpaired) electrons. The molecule has 0 bridgehead atoms. The minimum atomic E-state index is -0.367. The van der Waals surface area contributed by atoms with Gasteiger partial charge in [0.25, 0.3) is 0 Å². The van der Waals surface area contributed by atoms with E-state index in [1.54, 1.807) is 0 Å². The number of nitrogens with zero attached hydrogens (tertiary/aromatic N) is 1. The van der Waals surface area contributed by atoms with Gasteiger partial charge in [0.15, 0.2) is 0 Å². The van der Waals surface area contributed by atoms with Crippen molar-refractivity contribution in [2.75, 3.05) is 4.90 Å². The van der Waals surface area contributed by atoms with Gasteiger partial charge in [-0.25, -0.2) is 0 Å². The van der Waals surface area contributed by atoms with Gasteiger partial charge in [-0.05, 0) is 109 Å². The van der Waals surface area contributed by atoms with Crippen LogP contribution in [0.3, 0.4) is 0 Å². The van der Waals surface area contributed by atoms with Gasteiger partial charge in [-0.1, -0.05) is 164 Å². The summed E-state index contributed by atoms with van der Waals surface area (Å²) >= 11 is 0. The molecule has 0 N–H and O–H groups in total. The molecule has 0 unspecified atom stereocenters. The fraction of sp³-hybridized carbons (Fsp3) is 0.0357. The predicted octanol–water partition coefficient (Wildman–Crippen LogP) is 15.5. The lowest BCUT2D eigenvalue weighted by Gasteiger charge is -2.28. The molecule has 11 aromatic rings. The van der Waals surface area contributed by atoms with Crippen molar-refractivity contribution in [2.24, 2.45) is 0 Å². The lowest BCUT2D eigenvalue weighted by atomic mass is 9.74. The van der Waals surface area contributed by atoms with E-state index < -0.39 is 0 Å². The molecule has 0 amide bonds. The summed E-state index contributed by atoms with van der Waals surface area (Å²) in [5.74, 6) is 0. The van der Waals surface area contributed by atoms with E-state index in [2.05, 4.69) is 218 Å². The largest absolute Gasteiger partial charge is 0.456 e. The Balaban J connectivity index is 1.06. The van der Waals surface area contributed by atoms with Crippen molar-refractivity contribution in [3.8, 4) is 22.3 Å². The number of fused-ring (bicyclic) bond motifs is 12. The van der Waals surface area contributed by atoms with Crippen LogP contribution in [0.25, 0.3) is 76.5 Å². The first kappa shape index (κ1) is 32.8. The molecule has 0 fully saturated rings. The molecule has 0 spiro atoms. The first-order valence-electron chi connectivity index (χ1n) is 20.1. The van der Waals surface area contributed by atoms with Gasteiger partial charge in [0.05, 0.1) is 0 Å². The van der Waals surface area contributed by atoms with Crippen LogP contribution >= 0.6 is 0 Å². The van der Waals surface area contributed by atoms with Crippen LogP contribution in [0.2, 0.25) is 0 Å². The topological polar surface area (TPSA) is 16.4 Å². The van der Waals surface area contributed by atoms with Crippen molar-refractivity contribution in [3.05, 3.63) is 223 Å². The van der Waals surface area contributed by atoms with Gasteiger partial charge in [-0.2, -0.15) is 0 Å². The highest BCUT2D eigenvalue weighted by molar-refractivity contribution is 6.26. The summed E-state index contributed by atoms with van der Waals surface area (Å²) in [6.45, 7) is 2.36. The Morgan fingerprint density at radius 2 is 0.810 bits per heavy atom. The maximum absolute atomic E-state index is 7.08. The Morgan fingerprint density at radius 1 is 0.345 bits per heavy atom. The SMILES string of the molecule is CC1(c2cccc3c2oc2cc(N(c4ccc(-c5ccccc5)cc4)c4ccc5c6ccccc6c6ccccc6c5c4)ccc23)c2ccccc2-c2ccccc21. The van der Waals surface area contributed by atoms with Crippen LogP contribution in [-0.4, -0.2) is 0 Å². The summed E-state index contributed by atoms with van der Waals surface area (Å²) in [5, 5.41) is 9.79. The maximum atomic E-state index is 7.08. The normalized spacial score (nSPS) is 13.1. The van der Waals surface area contributed by atoms with Crippen molar-refractivity contribution in [3.63, 3.8) is 0 Å². The molecule has 58 heavy (non-hydrogen) atoms. The number of furan rings is 1. The fourth-order valence-electron chi connectivity index (χ4n) is 9.98. The van der Waals surface area contributed by atoms with E-state index in [4.69, 9.17) is 4.42 Å². The molecule has 0 atom stereocenters. The second-order valence-electron chi connectivity index (χ2n) is 15.8. The first-order valence-corrected chi connectivity index (χ1v) is 20.1. The highest BCUT2D eigenvalue weighted by Gasteiger charge is 2.42. The van der Waals surface area contributed by atoms with Crippen LogP contribution in [0.5, 0.6) is 0 Å². The molecular formula is C56H37NO. The average molecular weight is 740 g/mol. The number of hydrogen-bond donors (Lipinski definition) is 0. The third-order valence-electron chi connectivity index (χ3n) is 12.7. The second-order valence-corrected chi connectivity index (χ2v) is 15.8. The van der Waals surface area contributed by atoms with E-state index in [0.29, 0.717) is 0 Å². The van der Waals surface area contributed by atoms with Crippen LogP contribution in [-0.2, 0) is 5.41 Å². The van der Waals surface area contributed by atoms with E-state index in [1.165, 1.54) is 71.3 Å². The van der Waals surface area contributed by atoms with E-state index in [9.17, 15) is 0 Å². The summed E-state index contributed by atoms with van der Waals surface area (Å²) < 4.78 is 7.08. The molecule has 1 heterocycles. The summed E-state index contributed by atoms with van der Waals surface area (Å²) in [6, 6.07) is 75.1. The molecule has 1 aromatic heterocycles. The zero-order valence-corrected chi connectivity index (χ0v) is 32.0. The highest BCUT2D eigenvalue weighted by Crippen LogP contribution is 2.54. The number of benzene rings is 10. The van der Waals surface area contributed by atoms with Gasteiger partial charge in [0, 0.05) is 44.9 Å². The molecule has 1 aliphatic carbocycles. The van der Waals surface area contributed by atoms with Crippen molar-refractivity contribution in [1.82, 2.24) is 0 Å². The molecule has 0 saturated carbocycles. The van der Waals surface area contributed by atoms with Crippen LogP contribution in [0.1, 0.15) is 23.6 Å². The van der Waals surface area contributed by atoms with Gasteiger partial charge in [-0.15, -0.1) is 0 Å². The molecule has 2 nitrogen and oxygen atoms in total. The predicted molar refractivity (Wildman–Crippen MR) is 244 cm³/mol. The third kappa shape index (κ3) is 4.72. The van der Waals surface area contributed by atoms with Crippen LogP contribution in [0, 0.1) is 0 Å².